The van der Waals surface area contributed by atoms with Crippen LogP contribution in [-0.4, -0.2) is 32.0 Å². The van der Waals surface area contributed by atoms with Crippen LogP contribution in [0.15, 0.2) is 35.5 Å². The summed E-state index contributed by atoms with van der Waals surface area (Å²) in [6.45, 7) is 1.70. The first-order valence-corrected chi connectivity index (χ1v) is 9.72. The summed E-state index contributed by atoms with van der Waals surface area (Å²) in [4.78, 5) is 27.5. The molecule has 1 heterocycles. The van der Waals surface area contributed by atoms with Gasteiger partial charge in [0.2, 0.25) is 11.1 Å². The Balaban J connectivity index is 1.86. The molecule has 3 amide bonds. The van der Waals surface area contributed by atoms with Gasteiger partial charge in [0.1, 0.15) is 5.82 Å². The van der Waals surface area contributed by atoms with Crippen molar-refractivity contribution in [2.45, 2.75) is 55.4 Å². The largest absolute Gasteiger partial charge is 0.351 e. The number of rotatable bonds is 5. The third-order valence-electron chi connectivity index (χ3n) is 4.48. The Bertz CT molecular complexity index is 771. The maximum Gasteiger partial charge on any atom is 0.318 e. The summed E-state index contributed by atoms with van der Waals surface area (Å²) in [5.41, 5.74) is 5.97. The number of hydrogen-bond acceptors (Lipinski definition) is 5. The summed E-state index contributed by atoms with van der Waals surface area (Å²) in [5, 5.41) is 6.73. The topological polar surface area (TPSA) is 103 Å². The molecule has 1 fully saturated rings. The van der Waals surface area contributed by atoms with Crippen LogP contribution in [0.5, 0.6) is 0 Å². The van der Waals surface area contributed by atoms with Gasteiger partial charge in [-0.25, -0.2) is 14.5 Å². The molecule has 3 N–H and O–H groups in total. The van der Waals surface area contributed by atoms with Gasteiger partial charge in [-0.1, -0.05) is 49.2 Å². The molecule has 1 aliphatic carbocycles. The molecule has 8 heteroatoms. The smallest absolute Gasteiger partial charge is 0.318 e. The van der Waals surface area contributed by atoms with Gasteiger partial charge >= 0.3 is 6.03 Å². The van der Waals surface area contributed by atoms with E-state index in [1.807, 2.05) is 35.0 Å². The minimum absolute atomic E-state index is 0.376. The van der Waals surface area contributed by atoms with Gasteiger partial charge in [0.25, 0.3) is 0 Å². The highest BCUT2D eigenvalue weighted by Gasteiger charge is 2.25. The van der Waals surface area contributed by atoms with Crippen LogP contribution in [0.4, 0.5) is 4.79 Å². The van der Waals surface area contributed by atoms with E-state index in [4.69, 9.17) is 10.7 Å². The molecule has 7 nitrogen and oxygen atoms in total. The van der Waals surface area contributed by atoms with Crippen molar-refractivity contribution < 1.29 is 9.59 Å². The Morgan fingerprint density at radius 3 is 2.58 bits per heavy atom. The molecule has 1 aromatic heterocycles. The quantitative estimate of drug-likeness (QED) is 0.784. The third kappa shape index (κ3) is 4.43. The van der Waals surface area contributed by atoms with Gasteiger partial charge in [0.15, 0.2) is 0 Å². The Labute approximate surface area is 156 Å². The fourth-order valence-corrected chi connectivity index (χ4v) is 3.93. The highest BCUT2D eigenvalue weighted by molar-refractivity contribution is 8.00. The predicted octanol–water partition coefficient (Wildman–Crippen LogP) is 2.99. The fraction of sp³-hybridized carbons (Fsp3) is 0.444. The second kappa shape index (κ2) is 8.35. The lowest BCUT2D eigenvalue weighted by molar-refractivity contribution is -0.119. The van der Waals surface area contributed by atoms with Crippen LogP contribution in [0.3, 0.4) is 0 Å². The molecule has 2 aromatic rings. The third-order valence-corrected chi connectivity index (χ3v) is 5.43. The highest BCUT2D eigenvalue weighted by Crippen LogP contribution is 2.34. The van der Waals surface area contributed by atoms with Crippen LogP contribution in [0, 0.1) is 0 Å². The van der Waals surface area contributed by atoms with Crippen molar-refractivity contribution in [3.63, 3.8) is 0 Å². The molecule has 0 aliphatic heterocycles. The first kappa shape index (κ1) is 18.4. The van der Waals surface area contributed by atoms with Crippen molar-refractivity contribution in [1.82, 2.24) is 20.1 Å². The van der Waals surface area contributed by atoms with Crippen LogP contribution in [0.1, 0.15) is 50.8 Å². The average Bonchev–Trinajstić information content (AvgIpc) is 3.06. The number of primary amides is 1. The molecule has 3 rings (SSSR count). The molecule has 1 saturated carbocycles. The Kier molecular flexibility index (Phi) is 5.92. The van der Waals surface area contributed by atoms with Crippen molar-refractivity contribution >= 4 is 23.7 Å². The zero-order valence-corrected chi connectivity index (χ0v) is 15.5. The predicted molar refractivity (Wildman–Crippen MR) is 100 cm³/mol. The first-order valence-electron chi connectivity index (χ1n) is 8.84. The lowest BCUT2D eigenvalue weighted by Crippen LogP contribution is -2.39. The van der Waals surface area contributed by atoms with E-state index in [1.54, 1.807) is 6.92 Å². The van der Waals surface area contributed by atoms with Crippen LogP contribution in [0.2, 0.25) is 0 Å². The van der Waals surface area contributed by atoms with Gasteiger partial charge in [-0.15, -0.1) is 5.10 Å². The molecule has 0 radical (unpaired) electrons. The molecule has 1 atom stereocenters. The van der Waals surface area contributed by atoms with E-state index in [0.29, 0.717) is 11.1 Å². The van der Waals surface area contributed by atoms with Crippen molar-refractivity contribution in [3.8, 4) is 5.69 Å². The number of para-hydroxylation sites is 1. The van der Waals surface area contributed by atoms with E-state index in [9.17, 15) is 9.59 Å². The molecular weight excluding hydrogens is 350 g/mol. The number of hydrogen-bond donors (Lipinski definition) is 2. The summed E-state index contributed by atoms with van der Waals surface area (Å²) in [6.07, 6.45) is 5.88. The standard InChI is InChI=1S/C18H23N5O2S/c1-12(16(24)21-17(19)25)26-18-20-15(13-8-4-2-5-9-13)23(22-18)14-10-6-3-7-11-14/h3,6-7,10-13H,2,4-5,8-9H2,1H3,(H3,19,21,24,25)/t12-/m0/s1. The fourth-order valence-electron chi connectivity index (χ4n) is 3.17. The first-order chi connectivity index (χ1) is 12.5. The SMILES string of the molecule is C[C@H](Sc1nc(C2CCCCC2)n(-c2ccccc2)n1)C(=O)NC(N)=O. The minimum Gasteiger partial charge on any atom is -0.351 e. The molecule has 0 saturated heterocycles. The van der Waals surface area contributed by atoms with Gasteiger partial charge in [-0.3, -0.25) is 10.1 Å². The number of carbonyl (C=O) groups is 2. The number of imide groups is 1. The van der Waals surface area contributed by atoms with Gasteiger partial charge in [0.05, 0.1) is 10.9 Å². The van der Waals surface area contributed by atoms with Gasteiger partial charge in [-0.05, 0) is 31.9 Å². The normalized spacial score (nSPS) is 16.2. The summed E-state index contributed by atoms with van der Waals surface area (Å²) in [6, 6.07) is 9.05. The van der Waals surface area contributed by atoms with Crippen LogP contribution >= 0.6 is 11.8 Å². The Morgan fingerprint density at radius 1 is 1.23 bits per heavy atom. The van der Waals surface area contributed by atoms with Crippen molar-refractivity contribution in [3.05, 3.63) is 36.2 Å². The summed E-state index contributed by atoms with van der Waals surface area (Å²) in [7, 11) is 0. The van der Waals surface area contributed by atoms with Crippen molar-refractivity contribution in [2.75, 3.05) is 0 Å². The lowest BCUT2D eigenvalue weighted by Gasteiger charge is -2.21. The number of nitrogens with zero attached hydrogens (tertiary/aromatic N) is 3. The number of carbonyl (C=O) groups excluding carboxylic acids is 2. The molecule has 0 spiro atoms. The molecule has 0 bridgehead atoms. The second-order valence-electron chi connectivity index (χ2n) is 6.45. The lowest BCUT2D eigenvalue weighted by atomic mass is 9.88. The van der Waals surface area contributed by atoms with E-state index < -0.39 is 17.2 Å². The summed E-state index contributed by atoms with van der Waals surface area (Å²) >= 11 is 1.22. The number of amides is 3. The van der Waals surface area contributed by atoms with E-state index in [2.05, 4.69) is 10.4 Å². The van der Waals surface area contributed by atoms with Crippen molar-refractivity contribution in [1.29, 1.82) is 0 Å². The van der Waals surface area contributed by atoms with Crippen LogP contribution in [-0.2, 0) is 4.79 Å². The molecule has 1 aromatic carbocycles. The number of benzene rings is 1. The van der Waals surface area contributed by atoms with Crippen molar-refractivity contribution in [2.24, 2.45) is 5.73 Å². The van der Waals surface area contributed by atoms with E-state index in [1.165, 1.54) is 31.0 Å². The minimum atomic E-state index is -0.854. The maximum absolute atomic E-state index is 11.9. The van der Waals surface area contributed by atoms with E-state index in [-0.39, 0.29) is 0 Å². The molecule has 1 aliphatic rings. The monoisotopic (exact) mass is 373 g/mol. The van der Waals surface area contributed by atoms with Gasteiger partial charge < -0.3 is 5.73 Å². The number of nitrogens with one attached hydrogen (secondary N) is 1. The zero-order chi connectivity index (χ0) is 18.5. The van der Waals surface area contributed by atoms with E-state index in [0.717, 1.165) is 24.4 Å². The molecule has 26 heavy (non-hydrogen) atoms. The summed E-state index contributed by atoms with van der Waals surface area (Å²) < 4.78 is 1.89. The Morgan fingerprint density at radius 2 is 1.92 bits per heavy atom. The number of thioether (sulfide) groups is 1. The number of aromatic nitrogens is 3. The molecular formula is C18H23N5O2S. The van der Waals surface area contributed by atoms with Crippen LogP contribution < -0.4 is 11.1 Å². The highest BCUT2D eigenvalue weighted by atomic mass is 32.2. The van der Waals surface area contributed by atoms with Crippen LogP contribution in [0.25, 0.3) is 5.69 Å². The maximum atomic E-state index is 11.9. The van der Waals surface area contributed by atoms with E-state index >= 15 is 0 Å². The van der Waals surface area contributed by atoms with Gasteiger partial charge in [0, 0.05) is 5.92 Å². The average molecular weight is 373 g/mol. The number of nitrogens with two attached hydrogens (primary N) is 1. The van der Waals surface area contributed by atoms with Gasteiger partial charge in [-0.2, -0.15) is 0 Å². The molecule has 138 valence electrons. The zero-order valence-electron chi connectivity index (χ0n) is 14.7. The summed E-state index contributed by atoms with van der Waals surface area (Å²) in [5.74, 6) is 0.874. The second-order valence-corrected chi connectivity index (χ2v) is 7.76. The Hall–Kier alpha value is -2.35. The molecule has 0 unspecified atom stereocenters. The number of urea groups is 1.